The summed E-state index contributed by atoms with van der Waals surface area (Å²) in [5.74, 6) is 0.133. The molecule has 0 fully saturated rings. The Balaban J connectivity index is 2.22. The summed E-state index contributed by atoms with van der Waals surface area (Å²) in [5.41, 5.74) is 0.553. The van der Waals surface area contributed by atoms with Gasteiger partial charge in [-0.25, -0.2) is 9.37 Å². The fourth-order valence-electron chi connectivity index (χ4n) is 1.27. The maximum Gasteiger partial charge on any atom is 0.217 e. The molecular formula is C12H17ClFNO3. The average Bonchev–Trinajstić information content (AvgIpc) is 2.39. The van der Waals surface area contributed by atoms with Gasteiger partial charge in [0.1, 0.15) is 5.82 Å². The molecule has 0 N–H and O–H groups in total. The van der Waals surface area contributed by atoms with Crippen molar-refractivity contribution in [3.05, 3.63) is 23.6 Å². The van der Waals surface area contributed by atoms with E-state index in [9.17, 15) is 4.39 Å². The minimum Gasteiger partial charge on any atom is -0.477 e. The largest absolute Gasteiger partial charge is 0.477 e. The Kier molecular flexibility index (Phi) is 7.64. The van der Waals surface area contributed by atoms with Gasteiger partial charge in [-0.05, 0) is 6.07 Å². The van der Waals surface area contributed by atoms with Gasteiger partial charge in [0.15, 0.2) is 0 Å². The van der Waals surface area contributed by atoms with Crippen molar-refractivity contribution < 1.29 is 18.6 Å². The van der Waals surface area contributed by atoms with E-state index in [4.69, 9.17) is 25.8 Å². The number of nitrogens with zero attached hydrogens (tertiary/aromatic N) is 1. The van der Waals surface area contributed by atoms with Crippen molar-refractivity contribution in [3.63, 3.8) is 0 Å². The van der Waals surface area contributed by atoms with Gasteiger partial charge in [-0.1, -0.05) is 0 Å². The lowest BCUT2D eigenvalue weighted by molar-refractivity contribution is 0.0641. The second-order valence-electron chi connectivity index (χ2n) is 3.56. The van der Waals surface area contributed by atoms with Gasteiger partial charge < -0.3 is 14.2 Å². The van der Waals surface area contributed by atoms with E-state index in [0.29, 0.717) is 37.9 Å². The van der Waals surface area contributed by atoms with Crippen molar-refractivity contribution in [2.45, 2.75) is 12.3 Å². The van der Waals surface area contributed by atoms with Gasteiger partial charge in [-0.15, -0.1) is 11.6 Å². The van der Waals surface area contributed by atoms with Crippen molar-refractivity contribution >= 4 is 11.6 Å². The molecule has 0 aliphatic carbocycles. The second-order valence-corrected chi connectivity index (χ2v) is 3.83. The molecule has 0 radical (unpaired) electrons. The highest BCUT2D eigenvalue weighted by atomic mass is 35.5. The van der Waals surface area contributed by atoms with E-state index in [-0.39, 0.29) is 5.88 Å². The molecule has 0 aliphatic heterocycles. The molecule has 102 valence electrons. The molecule has 0 bridgehead atoms. The topological polar surface area (TPSA) is 40.6 Å². The van der Waals surface area contributed by atoms with Crippen LogP contribution in [0.3, 0.4) is 0 Å². The predicted octanol–water partition coefficient (Wildman–Crippen LogP) is 2.39. The van der Waals surface area contributed by atoms with Gasteiger partial charge in [0.05, 0.1) is 31.9 Å². The summed E-state index contributed by atoms with van der Waals surface area (Å²) >= 11 is 5.68. The fourth-order valence-corrected chi connectivity index (χ4v) is 1.46. The monoisotopic (exact) mass is 277 g/mol. The molecule has 6 heteroatoms. The van der Waals surface area contributed by atoms with Crippen LogP contribution in [0.25, 0.3) is 0 Å². The lowest BCUT2D eigenvalue weighted by atomic mass is 10.3. The molecule has 4 nitrogen and oxygen atoms in total. The summed E-state index contributed by atoms with van der Waals surface area (Å²) < 4.78 is 28.4. The molecule has 0 saturated heterocycles. The molecule has 18 heavy (non-hydrogen) atoms. The van der Waals surface area contributed by atoms with Crippen LogP contribution in [0.2, 0.25) is 0 Å². The van der Waals surface area contributed by atoms with Gasteiger partial charge in [-0.2, -0.15) is 0 Å². The minimum absolute atomic E-state index is 0.171. The zero-order valence-corrected chi connectivity index (χ0v) is 11.1. The molecule has 0 aliphatic rings. The molecule has 0 saturated carbocycles. The first-order valence-electron chi connectivity index (χ1n) is 5.67. The standard InChI is InChI=1S/C12H17ClFNO3/c1-16-5-6-17-3-2-4-18-12-10(8-13)7-11(14)9-15-12/h7,9H,2-6,8H2,1H3. The van der Waals surface area contributed by atoms with Crippen LogP contribution in [-0.2, 0) is 15.4 Å². The molecule has 1 aromatic rings. The van der Waals surface area contributed by atoms with Crippen molar-refractivity contribution in [2.24, 2.45) is 0 Å². The van der Waals surface area contributed by atoms with E-state index < -0.39 is 5.82 Å². The fraction of sp³-hybridized carbons (Fsp3) is 0.583. The summed E-state index contributed by atoms with van der Waals surface area (Å²) in [6.07, 6.45) is 1.84. The molecule has 1 aromatic heterocycles. The number of ether oxygens (including phenoxy) is 3. The molecule has 0 spiro atoms. The van der Waals surface area contributed by atoms with Gasteiger partial charge in [0, 0.05) is 25.7 Å². The van der Waals surface area contributed by atoms with Crippen molar-refractivity contribution in [2.75, 3.05) is 33.5 Å². The van der Waals surface area contributed by atoms with Crippen LogP contribution in [0.1, 0.15) is 12.0 Å². The third-order valence-corrected chi connectivity index (χ3v) is 2.43. The third-order valence-electron chi connectivity index (χ3n) is 2.14. The highest BCUT2D eigenvalue weighted by Gasteiger charge is 2.06. The molecule has 0 atom stereocenters. The van der Waals surface area contributed by atoms with E-state index in [1.54, 1.807) is 7.11 Å². The van der Waals surface area contributed by atoms with Gasteiger partial charge in [0.2, 0.25) is 5.88 Å². The zero-order valence-electron chi connectivity index (χ0n) is 10.3. The average molecular weight is 278 g/mol. The summed E-state index contributed by atoms with van der Waals surface area (Å²) in [5, 5.41) is 0. The number of rotatable bonds is 9. The molecule has 0 amide bonds. The first-order chi connectivity index (χ1) is 8.77. The lowest BCUT2D eigenvalue weighted by Crippen LogP contribution is -2.08. The van der Waals surface area contributed by atoms with E-state index in [2.05, 4.69) is 4.98 Å². The maximum absolute atomic E-state index is 12.9. The van der Waals surface area contributed by atoms with Crippen LogP contribution < -0.4 is 4.74 Å². The number of hydrogen-bond acceptors (Lipinski definition) is 4. The van der Waals surface area contributed by atoms with Crippen LogP contribution in [0.15, 0.2) is 12.3 Å². The number of halogens is 2. The Bertz CT molecular complexity index is 352. The first-order valence-corrected chi connectivity index (χ1v) is 6.21. The molecular weight excluding hydrogens is 261 g/mol. The van der Waals surface area contributed by atoms with Gasteiger partial charge in [0.25, 0.3) is 0 Å². The number of hydrogen-bond donors (Lipinski definition) is 0. The summed E-state index contributed by atoms with van der Waals surface area (Å²) in [4.78, 5) is 3.85. The smallest absolute Gasteiger partial charge is 0.217 e. The van der Waals surface area contributed by atoms with Crippen molar-refractivity contribution in [3.8, 4) is 5.88 Å². The summed E-state index contributed by atoms with van der Waals surface area (Å²) in [6, 6.07) is 1.32. The Labute approximate surface area is 111 Å². The number of pyridine rings is 1. The number of aromatic nitrogens is 1. The van der Waals surface area contributed by atoms with Crippen molar-refractivity contribution in [1.82, 2.24) is 4.98 Å². The molecule has 1 heterocycles. The Hall–Kier alpha value is -0.910. The Morgan fingerprint density at radius 3 is 2.83 bits per heavy atom. The van der Waals surface area contributed by atoms with E-state index in [0.717, 1.165) is 12.6 Å². The highest BCUT2D eigenvalue weighted by Crippen LogP contribution is 2.18. The molecule has 0 unspecified atom stereocenters. The van der Waals surface area contributed by atoms with Crippen LogP contribution >= 0.6 is 11.6 Å². The summed E-state index contributed by atoms with van der Waals surface area (Å²) in [7, 11) is 1.63. The lowest BCUT2D eigenvalue weighted by Gasteiger charge is -2.09. The predicted molar refractivity (Wildman–Crippen MR) is 66.6 cm³/mol. The van der Waals surface area contributed by atoms with Crippen LogP contribution in [-0.4, -0.2) is 38.5 Å². The van der Waals surface area contributed by atoms with E-state index >= 15 is 0 Å². The van der Waals surface area contributed by atoms with Gasteiger partial charge >= 0.3 is 0 Å². The maximum atomic E-state index is 12.9. The Morgan fingerprint density at radius 1 is 1.28 bits per heavy atom. The van der Waals surface area contributed by atoms with E-state index in [1.165, 1.54) is 6.07 Å². The molecule has 1 rings (SSSR count). The molecule has 0 aromatic carbocycles. The third kappa shape index (κ3) is 5.62. The van der Waals surface area contributed by atoms with Crippen molar-refractivity contribution in [1.29, 1.82) is 0 Å². The quantitative estimate of drug-likeness (QED) is 0.513. The van der Waals surface area contributed by atoms with Crippen LogP contribution in [0.4, 0.5) is 4.39 Å². The summed E-state index contributed by atoms with van der Waals surface area (Å²) in [6.45, 7) is 2.19. The minimum atomic E-state index is -0.416. The SMILES string of the molecule is COCCOCCCOc1ncc(F)cc1CCl. The number of methoxy groups -OCH3 is 1. The van der Waals surface area contributed by atoms with Gasteiger partial charge in [-0.3, -0.25) is 0 Å². The second kappa shape index (κ2) is 9.08. The van der Waals surface area contributed by atoms with Crippen LogP contribution in [0.5, 0.6) is 5.88 Å². The first kappa shape index (κ1) is 15.1. The highest BCUT2D eigenvalue weighted by molar-refractivity contribution is 6.17. The van der Waals surface area contributed by atoms with E-state index in [1.807, 2.05) is 0 Å². The zero-order chi connectivity index (χ0) is 13.2. The number of alkyl halides is 1. The Morgan fingerprint density at radius 2 is 2.11 bits per heavy atom. The van der Waals surface area contributed by atoms with Crippen LogP contribution in [0, 0.1) is 5.82 Å². The normalized spacial score (nSPS) is 10.6.